The number of nitrogens with one attached hydrogen (secondary N) is 1. The largest absolute Gasteiger partial charge is 0.368 e. The predicted octanol–water partition coefficient (Wildman–Crippen LogP) is 1.53. The van der Waals surface area contributed by atoms with E-state index in [1.165, 1.54) is 0 Å². The van der Waals surface area contributed by atoms with Crippen molar-refractivity contribution in [1.29, 1.82) is 0 Å². The molecule has 7 nitrogen and oxygen atoms in total. The first-order valence-corrected chi connectivity index (χ1v) is 7.27. The van der Waals surface area contributed by atoms with Gasteiger partial charge in [0.25, 0.3) is 0 Å². The van der Waals surface area contributed by atoms with Crippen molar-refractivity contribution < 1.29 is 5.11 Å². The highest BCUT2D eigenvalue weighted by Gasteiger charge is 2.26. The van der Waals surface area contributed by atoms with E-state index in [4.69, 9.17) is 5.73 Å². The van der Waals surface area contributed by atoms with Crippen molar-refractivity contribution in [3.8, 4) is 0 Å². The number of aromatic nitrogens is 4. The van der Waals surface area contributed by atoms with Crippen molar-refractivity contribution >= 4 is 22.9 Å². The Morgan fingerprint density at radius 2 is 2.19 bits per heavy atom. The van der Waals surface area contributed by atoms with Crippen molar-refractivity contribution in [2.75, 3.05) is 17.7 Å². The number of hydrogen-bond donors (Lipinski definition) is 2. The standard InChI is InChI=1S/C14H17N6O/c15-14-18-12(17-9-2-3-9)11-13(19-14)20(7-16-11)10-4-1-8(5-10)6-21/h1,4,7-10H,2-3,5-6H2,(H3,15,17,18,19)/t8-,10+/m1/s1. The molecule has 2 aliphatic carbocycles. The van der Waals surface area contributed by atoms with Crippen LogP contribution in [0, 0.1) is 5.92 Å². The van der Waals surface area contributed by atoms with Crippen LogP contribution in [0.4, 0.5) is 11.8 Å². The maximum absolute atomic E-state index is 11.0. The Morgan fingerprint density at radius 3 is 2.90 bits per heavy atom. The summed E-state index contributed by atoms with van der Waals surface area (Å²) in [4.78, 5) is 13.0. The van der Waals surface area contributed by atoms with Crippen LogP contribution in [0.25, 0.3) is 11.2 Å². The minimum atomic E-state index is -0.0781. The number of anilines is 2. The highest BCUT2D eigenvalue weighted by atomic mass is 16.3. The van der Waals surface area contributed by atoms with E-state index < -0.39 is 0 Å². The van der Waals surface area contributed by atoms with Crippen LogP contribution in [0.3, 0.4) is 0 Å². The molecule has 1 fully saturated rings. The molecule has 1 radical (unpaired) electrons. The monoisotopic (exact) mass is 285 g/mol. The summed E-state index contributed by atoms with van der Waals surface area (Å²) in [6.07, 6.45) is 8.90. The summed E-state index contributed by atoms with van der Waals surface area (Å²) < 4.78 is 1.98. The highest BCUT2D eigenvalue weighted by Crippen LogP contribution is 2.32. The number of fused-ring (bicyclic) bond motifs is 1. The molecule has 0 unspecified atom stereocenters. The smallest absolute Gasteiger partial charge is 0.224 e. The van der Waals surface area contributed by atoms with Gasteiger partial charge in [0.05, 0.1) is 19.0 Å². The Kier molecular flexibility index (Phi) is 2.81. The highest BCUT2D eigenvalue weighted by molar-refractivity contribution is 5.84. The molecule has 0 amide bonds. The van der Waals surface area contributed by atoms with E-state index >= 15 is 0 Å². The number of imidazole rings is 1. The number of nitrogens with two attached hydrogens (primary N) is 1. The first-order valence-electron chi connectivity index (χ1n) is 7.27. The van der Waals surface area contributed by atoms with Gasteiger partial charge in [0.1, 0.15) is 0 Å². The van der Waals surface area contributed by atoms with E-state index in [0.717, 1.165) is 30.4 Å². The van der Waals surface area contributed by atoms with Gasteiger partial charge in [-0.15, -0.1) is 0 Å². The zero-order valence-electron chi connectivity index (χ0n) is 11.6. The summed E-state index contributed by atoms with van der Waals surface area (Å²) >= 11 is 0. The molecule has 3 N–H and O–H groups in total. The minimum absolute atomic E-state index is 0.0781. The summed E-state index contributed by atoms with van der Waals surface area (Å²) in [6.45, 7) is -0.0781. The third kappa shape index (κ3) is 2.23. The molecule has 1 saturated carbocycles. The lowest BCUT2D eigenvalue weighted by molar-refractivity contribution is 0.158. The van der Waals surface area contributed by atoms with Gasteiger partial charge in [-0.3, -0.25) is 0 Å². The Morgan fingerprint density at radius 1 is 1.33 bits per heavy atom. The average Bonchev–Trinajstić information content (AvgIpc) is 3.01. The first kappa shape index (κ1) is 12.6. The second-order valence-electron chi connectivity index (χ2n) is 5.79. The van der Waals surface area contributed by atoms with Crippen LogP contribution in [-0.2, 0) is 5.11 Å². The molecule has 4 rings (SSSR count). The Hall–Kier alpha value is -2.15. The zero-order valence-corrected chi connectivity index (χ0v) is 11.6. The van der Waals surface area contributed by atoms with Crippen molar-refractivity contribution in [3.63, 3.8) is 0 Å². The Balaban J connectivity index is 1.73. The number of nitrogen functional groups attached to an aromatic ring is 1. The van der Waals surface area contributed by atoms with Crippen molar-refractivity contribution in [3.05, 3.63) is 18.5 Å². The van der Waals surface area contributed by atoms with Gasteiger partial charge in [-0.1, -0.05) is 12.2 Å². The quantitative estimate of drug-likeness (QED) is 0.829. The molecular weight excluding hydrogens is 268 g/mol. The third-order valence-electron chi connectivity index (χ3n) is 4.08. The fraction of sp³-hybridized carbons (Fsp3) is 0.500. The Labute approximate surface area is 121 Å². The van der Waals surface area contributed by atoms with E-state index in [2.05, 4.69) is 26.3 Å². The topological polar surface area (TPSA) is 102 Å². The van der Waals surface area contributed by atoms with E-state index in [-0.39, 0.29) is 24.5 Å². The summed E-state index contributed by atoms with van der Waals surface area (Å²) in [7, 11) is 0. The molecule has 0 bridgehead atoms. The van der Waals surface area contributed by atoms with E-state index in [1.54, 1.807) is 6.33 Å². The molecule has 109 valence electrons. The lowest BCUT2D eigenvalue weighted by Gasteiger charge is -2.13. The number of nitrogens with zero attached hydrogens (tertiary/aromatic N) is 4. The van der Waals surface area contributed by atoms with Crippen LogP contribution < -0.4 is 11.1 Å². The van der Waals surface area contributed by atoms with Gasteiger partial charge in [-0.25, -0.2) is 10.1 Å². The summed E-state index contributed by atoms with van der Waals surface area (Å²) in [6, 6.07) is 0.598. The molecule has 2 atom stereocenters. The van der Waals surface area contributed by atoms with Crippen LogP contribution in [0.15, 0.2) is 18.5 Å². The average molecular weight is 285 g/mol. The van der Waals surface area contributed by atoms with Gasteiger partial charge in [0.2, 0.25) is 5.95 Å². The molecule has 0 aromatic carbocycles. The summed E-state index contributed by atoms with van der Waals surface area (Å²) in [5.74, 6) is 1.05. The van der Waals surface area contributed by atoms with Crippen LogP contribution >= 0.6 is 0 Å². The molecule has 0 aliphatic heterocycles. The van der Waals surface area contributed by atoms with E-state index in [1.807, 2.05) is 10.6 Å². The fourth-order valence-electron chi connectivity index (χ4n) is 2.78. The predicted molar refractivity (Wildman–Crippen MR) is 78.2 cm³/mol. The third-order valence-corrected chi connectivity index (χ3v) is 4.08. The van der Waals surface area contributed by atoms with Gasteiger partial charge in [-0.2, -0.15) is 9.97 Å². The fourth-order valence-corrected chi connectivity index (χ4v) is 2.78. The maximum Gasteiger partial charge on any atom is 0.224 e. The molecule has 2 aliphatic rings. The van der Waals surface area contributed by atoms with E-state index in [0.29, 0.717) is 11.9 Å². The maximum atomic E-state index is 11.0. The van der Waals surface area contributed by atoms with Gasteiger partial charge in [-0.05, 0) is 19.3 Å². The second kappa shape index (κ2) is 4.70. The van der Waals surface area contributed by atoms with Crippen LogP contribution in [0.5, 0.6) is 0 Å². The molecule has 2 aromatic heterocycles. The van der Waals surface area contributed by atoms with Crippen molar-refractivity contribution in [2.24, 2.45) is 5.92 Å². The lowest BCUT2D eigenvalue weighted by atomic mass is 10.1. The molecule has 7 heteroatoms. The minimum Gasteiger partial charge on any atom is -0.368 e. The normalized spacial score (nSPS) is 24.8. The molecule has 0 saturated heterocycles. The van der Waals surface area contributed by atoms with E-state index in [9.17, 15) is 5.11 Å². The van der Waals surface area contributed by atoms with Crippen molar-refractivity contribution in [2.45, 2.75) is 31.3 Å². The second-order valence-corrected chi connectivity index (χ2v) is 5.79. The van der Waals surface area contributed by atoms with Gasteiger partial charge >= 0.3 is 0 Å². The van der Waals surface area contributed by atoms with Crippen LogP contribution in [-0.4, -0.2) is 32.2 Å². The molecular formula is C14H17N6O. The SMILES string of the molecule is Nc1nc(NC2CC2)c2ncn([C@H]3C=C[C@@H](C[O])C3)c2n1. The van der Waals surface area contributed by atoms with Crippen LogP contribution in [0.2, 0.25) is 0 Å². The van der Waals surface area contributed by atoms with Gasteiger partial charge in [0, 0.05) is 12.0 Å². The van der Waals surface area contributed by atoms with Crippen molar-refractivity contribution in [1.82, 2.24) is 19.5 Å². The van der Waals surface area contributed by atoms with Crippen LogP contribution in [0.1, 0.15) is 25.3 Å². The van der Waals surface area contributed by atoms with Gasteiger partial charge in [0.15, 0.2) is 17.0 Å². The number of rotatable bonds is 4. The number of hydrogen-bond acceptors (Lipinski definition) is 5. The first-order chi connectivity index (χ1) is 10.2. The summed E-state index contributed by atoms with van der Waals surface area (Å²) in [5, 5.41) is 14.4. The zero-order chi connectivity index (χ0) is 14.4. The molecule has 2 heterocycles. The molecule has 21 heavy (non-hydrogen) atoms. The lowest BCUT2D eigenvalue weighted by Crippen LogP contribution is -2.10. The van der Waals surface area contributed by atoms with Gasteiger partial charge < -0.3 is 15.6 Å². The molecule has 0 spiro atoms. The number of allylic oxidation sites excluding steroid dienone is 1. The Bertz CT molecular complexity index is 705. The molecule has 2 aromatic rings. The summed E-state index contributed by atoms with van der Waals surface area (Å²) in [5.41, 5.74) is 7.30.